The molecule has 1 aromatic carbocycles. The molecular weight excluding hydrogens is 241 g/mol. The molecule has 17 heavy (non-hydrogen) atoms. The molecule has 0 bridgehead atoms. The van der Waals surface area contributed by atoms with Gasteiger partial charge >= 0.3 is 0 Å². The van der Waals surface area contributed by atoms with Crippen LogP contribution in [-0.2, 0) is 11.2 Å². The number of halogens is 2. The fraction of sp³-hybridized carbons (Fsp3) is 0.538. The van der Waals surface area contributed by atoms with E-state index in [4.69, 9.17) is 16.3 Å². The molecule has 0 unspecified atom stereocenters. The molecule has 2 nitrogen and oxygen atoms in total. The Labute approximate surface area is 106 Å². The van der Waals surface area contributed by atoms with Crippen LogP contribution in [0.1, 0.15) is 18.4 Å². The summed E-state index contributed by atoms with van der Waals surface area (Å²) in [6, 6.07) is 5.36. The highest BCUT2D eigenvalue weighted by Crippen LogP contribution is 2.15. The average Bonchev–Trinajstić information content (AvgIpc) is 2.33. The van der Waals surface area contributed by atoms with Crippen molar-refractivity contribution in [1.82, 2.24) is 5.32 Å². The lowest BCUT2D eigenvalue weighted by molar-refractivity contribution is 0.0782. The third kappa shape index (κ3) is 3.95. The lowest BCUT2D eigenvalue weighted by Crippen LogP contribution is -2.36. The molecule has 4 heteroatoms. The highest BCUT2D eigenvalue weighted by molar-refractivity contribution is 6.30. The van der Waals surface area contributed by atoms with Crippen LogP contribution < -0.4 is 5.32 Å². The molecule has 0 aromatic heterocycles. The minimum Gasteiger partial charge on any atom is -0.381 e. The van der Waals surface area contributed by atoms with Crippen molar-refractivity contribution < 1.29 is 9.13 Å². The normalized spacial score (nSPS) is 17.3. The molecule has 1 fully saturated rings. The molecule has 0 amide bonds. The fourth-order valence-corrected chi connectivity index (χ4v) is 2.20. The Morgan fingerprint density at radius 2 is 2.12 bits per heavy atom. The highest BCUT2D eigenvalue weighted by atomic mass is 35.5. The first-order valence-corrected chi connectivity index (χ1v) is 6.38. The molecule has 0 aliphatic carbocycles. The Kier molecular flexibility index (Phi) is 4.77. The van der Waals surface area contributed by atoms with Gasteiger partial charge in [-0.1, -0.05) is 17.7 Å². The van der Waals surface area contributed by atoms with E-state index in [9.17, 15) is 4.39 Å². The summed E-state index contributed by atoms with van der Waals surface area (Å²) in [5.41, 5.74) is 0.717. The second-order valence-electron chi connectivity index (χ2n) is 4.33. The van der Waals surface area contributed by atoms with Crippen LogP contribution in [0, 0.1) is 5.82 Å². The van der Waals surface area contributed by atoms with Crippen LogP contribution in [0.5, 0.6) is 0 Å². The number of hydrogen-bond acceptors (Lipinski definition) is 2. The van der Waals surface area contributed by atoms with Gasteiger partial charge < -0.3 is 10.1 Å². The number of nitrogens with one attached hydrogen (secondary N) is 1. The Morgan fingerprint density at radius 1 is 1.35 bits per heavy atom. The molecule has 1 aliphatic rings. The van der Waals surface area contributed by atoms with Crippen molar-refractivity contribution in [3.63, 3.8) is 0 Å². The fourth-order valence-electron chi connectivity index (χ4n) is 2.04. The largest absolute Gasteiger partial charge is 0.381 e. The average molecular weight is 258 g/mol. The van der Waals surface area contributed by atoms with E-state index in [2.05, 4.69) is 5.32 Å². The van der Waals surface area contributed by atoms with Crippen molar-refractivity contribution in [2.75, 3.05) is 19.8 Å². The number of rotatable bonds is 4. The van der Waals surface area contributed by atoms with Crippen LogP contribution in [0.4, 0.5) is 4.39 Å². The van der Waals surface area contributed by atoms with Gasteiger partial charge in [0.2, 0.25) is 0 Å². The first kappa shape index (κ1) is 12.8. The maximum Gasteiger partial charge on any atom is 0.127 e. The lowest BCUT2D eigenvalue weighted by atomic mass is 10.1. The van der Waals surface area contributed by atoms with Crippen LogP contribution in [0.2, 0.25) is 5.02 Å². The standard InChI is InChI=1S/C13H17ClFNO/c14-11-2-1-10(13(15)9-11)3-6-16-12-4-7-17-8-5-12/h1-2,9,12,16H,3-8H2. The molecule has 1 saturated heterocycles. The van der Waals surface area contributed by atoms with Crippen molar-refractivity contribution in [3.8, 4) is 0 Å². The van der Waals surface area contributed by atoms with Gasteiger partial charge in [0.25, 0.3) is 0 Å². The Hall–Kier alpha value is -0.640. The molecule has 0 atom stereocenters. The maximum absolute atomic E-state index is 13.5. The molecule has 1 aliphatic heterocycles. The third-order valence-corrected chi connectivity index (χ3v) is 3.30. The van der Waals surface area contributed by atoms with Gasteiger partial charge in [-0.3, -0.25) is 0 Å². The van der Waals surface area contributed by atoms with E-state index < -0.39 is 0 Å². The van der Waals surface area contributed by atoms with E-state index in [0.29, 0.717) is 23.0 Å². The Balaban J connectivity index is 1.77. The molecular formula is C13H17ClFNO. The molecule has 1 N–H and O–H groups in total. The lowest BCUT2D eigenvalue weighted by Gasteiger charge is -2.23. The van der Waals surface area contributed by atoms with Gasteiger partial charge in [0.05, 0.1) is 0 Å². The maximum atomic E-state index is 13.5. The summed E-state index contributed by atoms with van der Waals surface area (Å²) in [4.78, 5) is 0. The van der Waals surface area contributed by atoms with Gasteiger partial charge in [0.15, 0.2) is 0 Å². The topological polar surface area (TPSA) is 21.3 Å². The Morgan fingerprint density at radius 3 is 2.82 bits per heavy atom. The Bertz CT molecular complexity index is 366. The van der Waals surface area contributed by atoms with Gasteiger partial charge in [0, 0.05) is 24.3 Å². The van der Waals surface area contributed by atoms with Crippen molar-refractivity contribution in [2.24, 2.45) is 0 Å². The van der Waals surface area contributed by atoms with Crippen molar-refractivity contribution in [1.29, 1.82) is 0 Å². The summed E-state index contributed by atoms with van der Waals surface area (Å²) >= 11 is 5.70. The summed E-state index contributed by atoms with van der Waals surface area (Å²) < 4.78 is 18.8. The van der Waals surface area contributed by atoms with Gasteiger partial charge in [-0.25, -0.2) is 4.39 Å². The van der Waals surface area contributed by atoms with Crippen LogP contribution in [0.25, 0.3) is 0 Å². The van der Waals surface area contributed by atoms with Crippen LogP contribution in [0.15, 0.2) is 18.2 Å². The monoisotopic (exact) mass is 257 g/mol. The number of benzene rings is 1. The molecule has 0 saturated carbocycles. The molecule has 94 valence electrons. The molecule has 0 spiro atoms. The first-order valence-electron chi connectivity index (χ1n) is 6.01. The zero-order valence-electron chi connectivity index (χ0n) is 9.72. The van der Waals surface area contributed by atoms with Crippen LogP contribution in [-0.4, -0.2) is 25.8 Å². The summed E-state index contributed by atoms with van der Waals surface area (Å²) in [5, 5.41) is 3.88. The predicted octanol–water partition coefficient (Wildman–Crippen LogP) is 2.79. The van der Waals surface area contributed by atoms with Gasteiger partial charge in [-0.2, -0.15) is 0 Å². The zero-order valence-corrected chi connectivity index (χ0v) is 10.5. The SMILES string of the molecule is Fc1cc(Cl)ccc1CCNC1CCOCC1. The summed E-state index contributed by atoms with van der Waals surface area (Å²) in [7, 11) is 0. The van der Waals surface area contributed by atoms with Gasteiger partial charge in [-0.15, -0.1) is 0 Å². The van der Waals surface area contributed by atoms with E-state index in [1.54, 1.807) is 12.1 Å². The van der Waals surface area contributed by atoms with Crippen LogP contribution in [0.3, 0.4) is 0 Å². The number of hydrogen-bond donors (Lipinski definition) is 1. The zero-order chi connectivity index (χ0) is 12.1. The van der Waals surface area contributed by atoms with E-state index in [0.717, 1.165) is 32.6 Å². The minimum atomic E-state index is -0.216. The minimum absolute atomic E-state index is 0.216. The molecule has 0 radical (unpaired) electrons. The molecule has 2 rings (SSSR count). The summed E-state index contributed by atoms with van der Waals surface area (Å²) in [6.07, 6.45) is 2.78. The van der Waals surface area contributed by atoms with E-state index in [1.807, 2.05) is 0 Å². The van der Waals surface area contributed by atoms with Gasteiger partial charge in [0.1, 0.15) is 5.82 Å². The van der Waals surface area contributed by atoms with Crippen molar-refractivity contribution in [2.45, 2.75) is 25.3 Å². The van der Waals surface area contributed by atoms with Crippen molar-refractivity contribution in [3.05, 3.63) is 34.6 Å². The smallest absolute Gasteiger partial charge is 0.127 e. The molecule has 1 heterocycles. The third-order valence-electron chi connectivity index (χ3n) is 3.06. The van der Waals surface area contributed by atoms with Crippen molar-refractivity contribution >= 4 is 11.6 Å². The molecule has 1 aromatic rings. The van der Waals surface area contributed by atoms with Crippen LogP contribution >= 0.6 is 11.6 Å². The number of ether oxygens (including phenoxy) is 1. The second kappa shape index (κ2) is 6.34. The summed E-state index contributed by atoms with van der Waals surface area (Å²) in [5.74, 6) is -0.216. The first-order chi connectivity index (χ1) is 8.25. The highest BCUT2D eigenvalue weighted by Gasteiger charge is 2.12. The van der Waals surface area contributed by atoms with E-state index in [-0.39, 0.29) is 5.82 Å². The summed E-state index contributed by atoms with van der Waals surface area (Å²) in [6.45, 7) is 2.45. The second-order valence-corrected chi connectivity index (χ2v) is 4.76. The van der Waals surface area contributed by atoms with E-state index >= 15 is 0 Å². The predicted molar refractivity (Wildman–Crippen MR) is 67.0 cm³/mol. The quantitative estimate of drug-likeness (QED) is 0.896. The van der Waals surface area contributed by atoms with E-state index in [1.165, 1.54) is 6.07 Å². The van der Waals surface area contributed by atoms with Gasteiger partial charge in [-0.05, 0) is 43.5 Å².